The van der Waals surface area contributed by atoms with Gasteiger partial charge in [0.15, 0.2) is 18.1 Å². The van der Waals surface area contributed by atoms with Crippen LogP contribution in [-0.2, 0) is 14.3 Å². The minimum Gasteiger partial charge on any atom is -0.454 e. The molecule has 3 rings (SSSR count). The third-order valence-corrected chi connectivity index (χ3v) is 4.25. The fourth-order valence-electron chi connectivity index (χ4n) is 2.55. The second kappa shape index (κ2) is 8.60. The smallest absolute Gasteiger partial charge is 0.331 e. The molecule has 27 heavy (non-hydrogen) atoms. The molecule has 0 spiro atoms. The predicted octanol–water partition coefficient (Wildman–Crippen LogP) is 3.50. The molecular formula is C20H18ClNO5. The van der Waals surface area contributed by atoms with Crippen molar-refractivity contribution in [1.29, 1.82) is 0 Å². The maximum atomic E-state index is 12.0. The number of carbonyl (C=O) groups excluding carboxylic acids is 2. The Morgan fingerprint density at radius 2 is 2.00 bits per heavy atom. The Morgan fingerprint density at radius 3 is 2.81 bits per heavy atom. The number of carbonyl (C=O) groups is 2. The zero-order valence-corrected chi connectivity index (χ0v) is 15.4. The highest BCUT2D eigenvalue weighted by atomic mass is 35.5. The Morgan fingerprint density at radius 1 is 1.22 bits per heavy atom. The molecule has 1 atom stereocenters. The fraction of sp³-hybridized carbons (Fsp3) is 0.200. The van der Waals surface area contributed by atoms with Gasteiger partial charge in [-0.25, -0.2) is 4.79 Å². The molecule has 0 unspecified atom stereocenters. The number of halogens is 1. The van der Waals surface area contributed by atoms with Crippen molar-refractivity contribution >= 4 is 29.6 Å². The van der Waals surface area contributed by atoms with E-state index in [1.54, 1.807) is 37.3 Å². The van der Waals surface area contributed by atoms with Gasteiger partial charge in [-0.2, -0.15) is 0 Å². The summed E-state index contributed by atoms with van der Waals surface area (Å²) in [5.41, 5.74) is 1.55. The van der Waals surface area contributed by atoms with E-state index in [4.69, 9.17) is 25.8 Å². The van der Waals surface area contributed by atoms with E-state index in [1.807, 2.05) is 18.2 Å². The van der Waals surface area contributed by atoms with Crippen LogP contribution >= 0.6 is 11.6 Å². The van der Waals surface area contributed by atoms with Crippen molar-refractivity contribution in [3.63, 3.8) is 0 Å². The first-order chi connectivity index (χ1) is 13.0. The second-order valence-corrected chi connectivity index (χ2v) is 6.27. The highest BCUT2D eigenvalue weighted by molar-refractivity contribution is 6.31. The van der Waals surface area contributed by atoms with Crippen LogP contribution in [0.25, 0.3) is 6.08 Å². The maximum absolute atomic E-state index is 12.0. The molecule has 1 amide bonds. The van der Waals surface area contributed by atoms with Crippen LogP contribution in [-0.4, -0.2) is 25.3 Å². The van der Waals surface area contributed by atoms with Crippen molar-refractivity contribution in [3.05, 3.63) is 64.7 Å². The van der Waals surface area contributed by atoms with Crippen molar-refractivity contribution in [2.45, 2.75) is 13.0 Å². The average Bonchev–Trinajstić information content (AvgIpc) is 3.12. The van der Waals surface area contributed by atoms with E-state index >= 15 is 0 Å². The van der Waals surface area contributed by atoms with Crippen LogP contribution in [0.4, 0.5) is 0 Å². The van der Waals surface area contributed by atoms with E-state index in [1.165, 1.54) is 6.08 Å². The lowest BCUT2D eigenvalue weighted by Gasteiger charge is -2.15. The summed E-state index contributed by atoms with van der Waals surface area (Å²) in [6.07, 6.45) is 2.83. The van der Waals surface area contributed by atoms with Gasteiger partial charge in [0.25, 0.3) is 5.91 Å². The molecule has 2 aromatic carbocycles. The molecule has 0 saturated heterocycles. The maximum Gasteiger partial charge on any atom is 0.331 e. The molecule has 0 aromatic heterocycles. The minimum absolute atomic E-state index is 0.187. The molecule has 0 saturated carbocycles. The lowest BCUT2D eigenvalue weighted by Crippen LogP contribution is -2.31. The van der Waals surface area contributed by atoms with Gasteiger partial charge in [0.1, 0.15) is 0 Å². The number of benzene rings is 2. The van der Waals surface area contributed by atoms with Gasteiger partial charge in [-0.15, -0.1) is 0 Å². The third kappa shape index (κ3) is 5.01. The van der Waals surface area contributed by atoms with Crippen molar-refractivity contribution < 1.29 is 23.8 Å². The molecule has 0 fully saturated rings. The van der Waals surface area contributed by atoms with E-state index in [-0.39, 0.29) is 19.4 Å². The number of hydrogen-bond acceptors (Lipinski definition) is 5. The van der Waals surface area contributed by atoms with Crippen LogP contribution < -0.4 is 14.8 Å². The second-order valence-electron chi connectivity index (χ2n) is 5.86. The summed E-state index contributed by atoms with van der Waals surface area (Å²) in [7, 11) is 0. The number of rotatable bonds is 6. The third-order valence-electron chi connectivity index (χ3n) is 3.90. The summed E-state index contributed by atoms with van der Waals surface area (Å²) in [6.45, 7) is 1.62. The van der Waals surface area contributed by atoms with Gasteiger partial charge in [-0.1, -0.05) is 35.9 Å². The molecule has 1 aliphatic heterocycles. The first kappa shape index (κ1) is 18.8. The van der Waals surface area contributed by atoms with Gasteiger partial charge < -0.3 is 19.5 Å². The molecule has 140 valence electrons. The Kier molecular flexibility index (Phi) is 5.98. The molecule has 1 aliphatic rings. The van der Waals surface area contributed by atoms with Gasteiger partial charge in [0.2, 0.25) is 6.79 Å². The van der Waals surface area contributed by atoms with Crippen LogP contribution in [0.3, 0.4) is 0 Å². The quantitative estimate of drug-likeness (QED) is 0.606. The summed E-state index contributed by atoms with van der Waals surface area (Å²) >= 11 is 6.10. The summed E-state index contributed by atoms with van der Waals surface area (Å²) in [4.78, 5) is 23.8. The van der Waals surface area contributed by atoms with Crippen LogP contribution in [0.15, 0.2) is 48.5 Å². The largest absolute Gasteiger partial charge is 0.454 e. The Labute approximate surface area is 161 Å². The topological polar surface area (TPSA) is 73.9 Å². The van der Waals surface area contributed by atoms with E-state index in [2.05, 4.69) is 5.32 Å². The Balaban J connectivity index is 1.47. The molecular weight excluding hydrogens is 370 g/mol. The van der Waals surface area contributed by atoms with Crippen molar-refractivity contribution in [2.75, 3.05) is 13.4 Å². The highest BCUT2D eigenvalue weighted by Gasteiger charge is 2.14. The van der Waals surface area contributed by atoms with E-state index in [9.17, 15) is 9.59 Å². The van der Waals surface area contributed by atoms with Crippen LogP contribution in [0, 0.1) is 0 Å². The van der Waals surface area contributed by atoms with E-state index in [0.29, 0.717) is 16.5 Å². The van der Waals surface area contributed by atoms with E-state index in [0.717, 1.165) is 11.1 Å². The average molecular weight is 388 g/mol. The van der Waals surface area contributed by atoms with Crippen LogP contribution in [0.5, 0.6) is 11.5 Å². The minimum atomic E-state index is -0.617. The number of ether oxygens (including phenoxy) is 3. The highest BCUT2D eigenvalue weighted by Crippen LogP contribution is 2.32. The fourth-order valence-corrected chi connectivity index (χ4v) is 2.85. The first-order valence-corrected chi connectivity index (χ1v) is 8.69. The predicted molar refractivity (Wildman–Crippen MR) is 101 cm³/mol. The first-order valence-electron chi connectivity index (χ1n) is 8.31. The van der Waals surface area contributed by atoms with Gasteiger partial charge in [-0.05, 0) is 42.3 Å². The van der Waals surface area contributed by atoms with Crippen LogP contribution in [0.2, 0.25) is 5.02 Å². The van der Waals surface area contributed by atoms with Crippen LogP contribution in [0.1, 0.15) is 24.1 Å². The lowest BCUT2D eigenvalue weighted by molar-refractivity contribution is -0.144. The van der Waals surface area contributed by atoms with Gasteiger partial charge in [0.05, 0.1) is 6.04 Å². The van der Waals surface area contributed by atoms with Crippen molar-refractivity contribution in [2.24, 2.45) is 0 Å². The zero-order valence-electron chi connectivity index (χ0n) is 14.6. The lowest BCUT2D eigenvalue weighted by atomic mass is 10.1. The standard InChI is InChI=1S/C20H18ClNO5/c1-13(15-4-2-3-5-16(15)21)22-19(23)11-25-20(24)9-7-14-6-8-17-18(10-14)27-12-26-17/h2-10,13H,11-12H2,1H3,(H,22,23)/b9-7+/t13-/m1/s1. The normalized spacial score (nSPS) is 13.4. The Hall–Kier alpha value is -2.99. The summed E-state index contributed by atoms with van der Waals surface area (Å²) in [6, 6.07) is 12.2. The summed E-state index contributed by atoms with van der Waals surface area (Å²) in [5.74, 6) is 0.262. The Bertz CT molecular complexity index is 880. The molecule has 1 heterocycles. The number of esters is 1. The van der Waals surface area contributed by atoms with Crippen molar-refractivity contribution in [1.82, 2.24) is 5.32 Å². The molecule has 0 radical (unpaired) electrons. The van der Waals surface area contributed by atoms with Gasteiger partial charge in [-0.3, -0.25) is 4.79 Å². The monoisotopic (exact) mass is 387 g/mol. The zero-order chi connectivity index (χ0) is 19.2. The summed E-state index contributed by atoms with van der Waals surface area (Å²) in [5, 5.41) is 3.30. The molecule has 0 aliphatic carbocycles. The molecule has 6 nitrogen and oxygen atoms in total. The van der Waals surface area contributed by atoms with E-state index < -0.39 is 11.9 Å². The molecule has 0 bridgehead atoms. The number of hydrogen-bond donors (Lipinski definition) is 1. The van der Waals surface area contributed by atoms with Gasteiger partial charge >= 0.3 is 5.97 Å². The number of fused-ring (bicyclic) bond motifs is 1. The SMILES string of the molecule is C[C@@H](NC(=O)COC(=O)/C=C/c1ccc2c(c1)OCO2)c1ccccc1Cl. The number of amides is 1. The molecule has 1 N–H and O–H groups in total. The molecule has 2 aromatic rings. The summed E-state index contributed by atoms with van der Waals surface area (Å²) < 4.78 is 15.5. The van der Waals surface area contributed by atoms with Crippen molar-refractivity contribution in [3.8, 4) is 11.5 Å². The molecule has 7 heteroatoms. The number of nitrogens with one attached hydrogen (secondary N) is 1. The van der Waals surface area contributed by atoms with Gasteiger partial charge in [0, 0.05) is 11.1 Å².